The molecule has 0 amide bonds. The Morgan fingerprint density at radius 1 is 0.382 bits per heavy atom. The van der Waals surface area contributed by atoms with Crippen molar-refractivity contribution in [3.8, 4) is 44.5 Å². The summed E-state index contributed by atoms with van der Waals surface area (Å²) < 4.78 is 15.4. The maximum atomic E-state index is 6.44. The molecule has 2 nitrogen and oxygen atoms in total. The molecule has 68 heavy (non-hydrogen) atoms. The fourth-order valence-electron chi connectivity index (χ4n) is 11.3. The third-order valence-corrected chi connectivity index (χ3v) is 15.4. The van der Waals surface area contributed by atoms with E-state index in [4.69, 9.17) is 8.83 Å². The van der Waals surface area contributed by atoms with Gasteiger partial charge in [-0.3, -0.25) is 0 Å². The van der Waals surface area contributed by atoms with Crippen LogP contribution in [0.4, 0.5) is 0 Å². The highest BCUT2D eigenvalue weighted by Gasteiger charge is 2.23. The molecule has 0 radical (unpaired) electrons. The molecule has 0 atom stereocenters. The van der Waals surface area contributed by atoms with Crippen molar-refractivity contribution in [3.05, 3.63) is 224 Å². The van der Waals surface area contributed by atoms with Gasteiger partial charge in [-0.15, -0.1) is 11.3 Å². The second-order valence-electron chi connectivity index (χ2n) is 17.9. The minimum atomic E-state index is 0.893. The van der Waals surface area contributed by atoms with Crippen LogP contribution in [0.15, 0.2) is 222 Å². The molecule has 0 aliphatic heterocycles. The van der Waals surface area contributed by atoms with Gasteiger partial charge in [0.2, 0.25) is 0 Å². The second kappa shape index (κ2) is 15.0. The van der Waals surface area contributed by atoms with E-state index >= 15 is 0 Å². The van der Waals surface area contributed by atoms with Gasteiger partial charge in [-0.2, -0.15) is 0 Å². The molecule has 0 N–H and O–H groups in total. The molecule has 0 saturated heterocycles. The summed E-state index contributed by atoms with van der Waals surface area (Å²) in [4.78, 5) is 0. The van der Waals surface area contributed by atoms with Crippen molar-refractivity contribution in [2.45, 2.75) is 6.92 Å². The second-order valence-corrected chi connectivity index (χ2v) is 19.0. The lowest BCUT2D eigenvalue weighted by molar-refractivity contribution is 0.668. The first-order valence-electron chi connectivity index (χ1n) is 23.2. The number of para-hydroxylation sites is 2. The summed E-state index contributed by atoms with van der Waals surface area (Å²) >= 11 is 1.87. The topological polar surface area (TPSA) is 26.3 Å². The quantitative estimate of drug-likeness (QED) is 0.123. The third-order valence-electron chi connectivity index (χ3n) is 14.2. The summed E-state index contributed by atoms with van der Waals surface area (Å²) in [5, 5.41) is 14.4. The molecule has 14 rings (SSSR count). The zero-order valence-corrected chi connectivity index (χ0v) is 38.0. The van der Waals surface area contributed by atoms with E-state index in [1.807, 2.05) is 35.6 Å². The Kier molecular flexibility index (Phi) is 8.55. The molecule has 0 saturated carbocycles. The number of rotatable bonds is 6. The number of furan rings is 2. The summed E-state index contributed by atoms with van der Waals surface area (Å²) in [5.41, 5.74) is 15.6. The van der Waals surface area contributed by atoms with Crippen LogP contribution in [0.25, 0.3) is 147 Å². The van der Waals surface area contributed by atoms with Gasteiger partial charge in [0.25, 0.3) is 0 Å². The van der Waals surface area contributed by atoms with Crippen LogP contribution in [-0.2, 0) is 0 Å². The summed E-state index contributed by atoms with van der Waals surface area (Å²) in [7, 11) is 0. The van der Waals surface area contributed by atoms with Crippen LogP contribution in [0.1, 0.15) is 11.1 Å². The van der Waals surface area contributed by atoms with Crippen LogP contribution >= 0.6 is 11.3 Å². The maximum Gasteiger partial charge on any atom is 0.136 e. The van der Waals surface area contributed by atoms with E-state index in [0.29, 0.717) is 0 Å². The average Bonchev–Trinajstić information content (AvgIpc) is 4.08. The lowest BCUT2D eigenvalue weighted by Crippen LogP contribution is -1.96. The first-order valence-corrected chi connectivity index (χ1v) is 24.0. The number of thiophene rings is 1. The monoisotopic (exact) mass is 884 g/mol. The first kappa shape index (κ1) is 38.7. The molecule has 14 aromatic rings. The van der Waals surface area contributed by atoms with E-state index in [2.05, 4.69) is 202 Å². The molecule has 0 aliphatic carbocycles. The molecule has 0 aliphatic rings. The van der Waals surface area contributed by atoms with Gasteiger partial charge in [-0.25, -0.2) is 0 Å². The van der Waals surface area contributed by atoms with Crippen LogP contribution < -0.4 is 0 Å². The van der Waals surface area contributed by atoms with Gasteiger partial charge in [-0.05, 0) is 149 Å². The smallest absolute Gasteiger partial charge is 0.136 e. The molecule has 11 aromatic carbocycles. The van der Waals surface area contributed by atoms with Crippen LogP contribution in [0, 0.1) is 6.92 Å². The predicted octanol–water partition coefficient (Wildman–Crippen LogP) is 19.5. The SMILES string of the molecule is C=C/C=C\c1c(C)c(-c2ccc3c(c2)oc2ccccc23)c2ccccc2c1-c1cccc2sc3ccc(-c4c5ccccc5c(-c5ccc6c(c5)oc5ccccc56)c5ccccc45)cc3c12. The van der Waals surface area contributed by atoms with Crippen molar-refractivity contribution in [2.75, 3.05) is 0 Å². The fraction of sp³-hybridized carbons (Fsp3) is 0.0154. The zero-order chi connectivity index (χ0) is 45.0. The van der Waals surface area contributed by atoms with Crippen molar-refractivity contribution in [1.29, 1.82) is 0 Å². The van der Waals surface area contributed by atoms with Gasteiger partial charge in [0.1, 0.15) is 22.3 Å². The highest BCUT2D eigenvalue weighted by molar-refractivity contribution is 7.26. The highest BCUT2D eigenvalue weighted by atomic mass is 32.1. The molecular formula is C65H40O2S. The molecule has 3 aromatic heterocycles. The summed E-state index contributed by atoms with van der Waals surface area (Å²) in [6.07, 6.45) is 6.20. The van der Waals surface area contributed by atoms with E-state index in [9.17, 15) is 0 Å². The number of hydrogen-bond donors (Lipinski definition) is 0. The minimum Gasteiger partial charge on any atom is -0.456 e. The lowest BCUT2D eigenvalue weighted by atomic mass is 9.82. The predicted molar refractivity (Wildman–Crippen MR) is 292 cm³/mol. The zero-order valence-electron chi connectivity index (χ0n) is 37.1. The maximum absolute atomic E-state index is 6.44. The van der Waals surface area contributed by atoms with Crippen molar-refractivity contribution < 1.29 is 8.83 Å². The van der Waals surface area contributed by atoms with E-state index in [1.54, 1.807) is 0 Å². The van der Waals surface area contributed by atoms with Crippen LogP contribution in [0.5, 0.6) is 0 Å². The number of hydrogen-bond acceptors (Lipinski definition) is 3. The summed E-state index contributed by atoms with van der Waals surface area (Å²) in [5.74, 6) is 0. The van der Waals surface area contributed by atoms with Crippen molar-refractivity contribution in [1.82, 2.24) is 0 Å². The normalized spacial score (nSPS) is 12.2. The van der Waals surface area contributed by atoms with Gasteiger partial charge >= 0.3 is 0 Å². The van der Waals surface area contributed by atoms with Gasteiger partial charge < -0.3 is 8.83 Å². The van der Waals surface area contributed by atoms with Crippen LogP contribution in [0.2, 0.25) is 0 Å². The van der Waals surface area contributed by atoms with Gasteiger partial charge in [0.05, 0.1) is 0 Å². The summed E-state index contributed by atoms with van der Waals surface area (Å²) in [6.45, 7) is 6.38. The van der Waals surface area contributed by atoms with Crippen molar-refractivity contribution in [2.24, 2.45) is 0 Å². The average molecular weight is 885 g/mol. The van der Waals surface area contributed by atoms with Crippen molar-refractivity contribution in [3.63, 3.8) is 0 Å². The highest BCUT2D eigenvalue weighted by Crippen LogP contribution is 2.50. The Morgan fingerprint density at radius 3 is 1.40 bits per heavy atom. The third kappa shape index (κ3) is 5.70. The molecule has 0 bridgehead atoms. The standard InChI is InChI=1S/C65H40O2S/c1-3-4-16-42-38(2)61(40-29-32-45-43-17-11-13-26-55(43)66-57(45)36-40)47-19-5-10-24-52(47)64(42)53-25-15-28-60-65(53)54-35-39(31-34-59(54)68-60)62-48-20-6-8-22-50(48)63(51-23-9-7-21-49(51)62)41-30-33-46-44-18-12-14-27-56(44)67-58(46)37-41/h3-37H,1H2,2H3/b16-4-. The minimum absolute atomic E-state index is 0.893. The molecule has 0 unspecified atom stereocenters. The molecular weight excluding hydrogens is 845 g/mol. The molecule has 3 heterocycles. The fourth-order valence-corrected chi connectivity index (χ4v) is 12.4. The van der Waals surface area contributed by atoms with E-state index < -0.39 is 0 Å². The van der Waals surface area contributed by atoms with E-state index in [-0.39, 0.29) is 0 Å². The van der Waals surface area contributed by atoms with Gasteiger partial charge in [0.15, 0.2) is 0 Å². The lowest BCUT2D eigenvalue weighted by Gasteiger charge is -2.21. The number of fused-ring (bicyclic) bond motifs is 12. The Labute approximate surface area is 395 Å². The van der Waals surface area contributed by atoms with E-state index in [1.165, 1.54) is 97.0 Å². The molecule has 3 heteroatoms. The number of benzene rings is 11. The molecule has 0 spiro atoms. The van der Waals surface area contributed by atoms with E-state index in [0.717, 1.165) is 55.0 Å². The summed E-state index contributed by atoms with van der Waals surface area (Å²) in [6, 6.07) is 70.7. The van der Waals surface area contributed by atoms with Gasteiger partial charge in [-0.1, -0.05) is 164 Å². The Morgan fingerprint density at radius 2 is 0.838 bits per heavy atom. The number of allylic oxidation sites excluding steroid dienone is 2. The molecule has 0 fully saturated rings. The van der Waals surface area contributed by atoms with Crippen LogP contribution in [-0.4, -0.2) is 0 Å². The Bertz CT molecular complexity index is 4420. The Hall–Kier alpha value is -8.50. The molecule has 318 valence electrons. The van der Waals surface area contributed by atoms with Crippen molar-refractivity contribution >= 4 is 114 Å². The van der Waals surface area contributed by atoms with Crippen LogP contribution in [0.3, 0.4) is 0 Å². The largest absolute Gasteiger partial charge is 0.456 e. The van der Waals surface area contributed by atoms with Gasteiger partial charge in [0, 0.05) is 41.7 Å². The first-order chi connectivity index (χ1) is 33.6. The Balaban J connectivity index is 0.999.